The number of aromatic carboxylic acids is 1. The molecule has 0 aliphatic heterocycles. The summed E-state index contributed by atoms with van der Waals surface area (Å²) in [5.74, 6) is -0.546. The molecule has 1 aliphatic rings. The molecule has 4 rings (SSSR count). The number of hydrogen-bond donors (Lipinski definition) is 2. The topological polar surface area (TPSA) is 76.4 Å². The molecule has 3 aromatic rings. The van der Waals surface area contributed by atoms with Crippen molar-refractivity contribution in [2.45, 2.75) is 52.4 Å². The maximum Gasteiger partial charge on any atom is 0.573 e. The van der Waals surface area contributed by atoms with Crippen molar-refractivity contribution in [1.82, 2.24) is 9.55 Å². The van der Waals surface area contributed by atoms with Crippen molar-refractivity contribution >= 4 is 40.2 Å². The molecule has 1 heterocycles. The van der Waals surface area contributed by atoms with E-state index in [1.807, 2.05) is 4.57 Å². The van der Waals surface area contributed by atoms with Crippen LogP contribution in [-0.4, -0.2) is 27.0 Å². The Balaban J connectivity index is 1.77. The molecule has 2 atom stereocenters. The fraction of sp³-hybridized carbons (Fsp3) is 0.417. The number of carboxylic acid groups (broad SMARTS) is 1. The Morgan fingerprint density at radius 3 is 2.50 bits per heavy atom. The number of anilines is 2. The molecule has 0 saturated heterocycles. The van der Waals surface area contributed by atoms with Gasteiger partial charge in [0.25, 0.3) is 0 Å². The molecule has 0 bridgehead atoms. The van der Waals surface area contributed by atoms with Crippen LogP contribution in [0.2, 0.25) is 5.02 Å². The second-order valence-corrected chi connectivity index (χ2v) is 10.1. The van der Waals surface area contributed by atoms with Crippen molar-refractivity contribution < 1.29 is 27.8 Å². The molecule has 0 amide bonds. The SMILES string of the molecule is C[C@@H]1C[C@H](n2c(Nc3ccc(OC(F)(F)F)cc3)nc3cc(C(=O)O)c(Cl)cc32)CC(C)(C)C1. The number of rotatable bonds is 5. The van der Waals surface area contributed by atoms with Crippen molar-refractivity contribution in [1.29, 1.82) is 0 Å². The molecule has 182 valence electrons. The number of nitrogens with zero attached hydrogens (tertiary/aromatic N) is 2. The third-order valence-corrected chi connectivity index (χ3v) is 6.39. The monoisotopic (exact) mass is 495 g/mol. The summed E-state index contributed by atoms with van der Waals surface area (Å²) in [5.41, 5.74) is 1.73. The summed E-state index contributed by atoms with van der Waals surface area (Å²) in [6, 6.07) is 8.50. The van der Waals surface area contributed by atoms with E-state index in [2.05, 4.69) is 35.8 Å². The third kappa shape index (κ3) is 5.24. The summed E-state index contributed by atoms with van der Waals surface area (Å²) in [6.07, 6.45) is -1.90. The standard InChI is InChI=1S/C24H25ClF3N3O3/c1-13-8-15(12-23(2,3)11-13)31-20-10-18(25)17(21(32)33)9-19(20)30-22(31)29-14-4-6-16(7-5-14)34-24(26,27)28/h4-7,9-10,13,15H,8,11-12H2,1-3H3,(H,29,30)(H,32,33)/t13-,15+/m1/s1. The number of hydrogen-bond acceptors (Lipinski definition) is 4. The minimum Gasteiger partial charge on any atom is -0.478 e. The highest BCUT2D eigenvalue weighted by molar-refractivity contribution is 6.34. The Morgan fingerprint density at radius 2 is 1.91 bits per heavy atom. The molecule has 2 N–H and O–H groups in total. The van der Waals surface area contributed by atoms with Crippen LogP contribution in [0.3, 0.4) is 0 Å². The van der Waals surface area contributed by atoms with Gasteiger partial charge < -0.3 is 19.7 Å². The predicted octanol–water partition coefficient (Wildman–Crippen LogP) is 7.42. The lowest BCUT2D eigenvalue weighted by molar-refractivity contribution is -0.274. The van der Waals surface area contributed by atoms with Crippen LogP contribution in [0.15, 0.2) is 36.4 Å². The number of alkyl halides is 3. The summed E-state index contributed by atoms with van der Waals surface area (Å²) < 4.78 is 43.4. The zero-order valence-corrected chi connectivity index (χ0v) is 19.7. The van der Waals surface area contributed by atoms with E-state index >= 15 is 0 Å². The number of halogens is 4. The van der Waals surface area contributed by atoms with E-state index in [0.717, 1.165) is 19.3 Å². The Labute approximate surface area is 199 Å². The second kappa shape index (κ2) is 8.69. The number of imidazole rings is 1. The number of benzene rings is 2. The van der Waals surface area contributed by atoms with Gasteiger partial charge in [-0.3, -0.25) is 0 Å². The Kier molecular flexibility index (Phi) is 6.18. The molecular weight excluding hydrogens is 471 g/mol. The van der Waals surface area contributed by atoms with E-state index in [4.69, 9.17) is 11.6 Å². The van der Waals surface area contributed by atoms with Crippen LogP contribution >= 0.6 is 11.6 Å². The fourth-order valence-electron chi connectivity index (χ4n) is 5.10. The highest BCUT2D eigenvalue weighted by atomic mass is 35.5. The van der Waals surface area contributed by atoms with E-state index in [1.54, 1.807) is 6.07 Å². The van der Waals surface area contributed by atoms with Crippen molar-refractivity contribution in [3.63, 3.8) is 0 Å². The smallest absolute Gasteiger partial charge is 0.478 e. The van der Waals surface area contributed by atoms with Gasteiger partial charge in [0.1, 0.15) is 5.75 Å². The Morgan fingerprint density at radius 1 is 1.24 bits per heavy atom. The number of fused-ring (bicyclic) bond motifs is 1. The minimum atomic E-state index is -4.77. The number of nitrogens with one attached hydrogen (secondary N) is 1. The van der Waals surface area contributed by atoms with E-state index < -0.39 is 12.3 Å². The average Bonchev–Trinajstić information content (AvgIpc) is 3.02. The molecule has 10 heteroatoms. The van der Waals surface area contributed by atoms with Crippen LogP contribution in [0.25, 0.3) is 11.0 Å². The molecule has 1 saturated carbocycles. The fourth-order valence-corrected chi connectivity index (χ4v) is 5.34. The number of aromatic nitrogens is 2. The van der Waals surface area contributed by atoms with Crippen molar-refractivity contribution in [2.24, 2.45) is 11.3 Å². The van der Waals surface area contributed by atoms with Gasteiger partial charge in [-0.15, -0.1) is 13.2 Å². The molecule has 1 aliphatic carbocycles. The zero-order valence-electron chi connectivity index (χ0n) is 18.9. The highest BCUT2D eigenvalue weighted by Gasteiger charge is 2.35. The zero-order chi connectivity index (χ0) is 24.8. The molecule has 1 fully saturated rings. The maximum atomic E-state index is 12.5. The van der Waals surface area contributed by atoms with Crippen LogP contribution in [0.5, 0.6) is 5.75 Å². The lowest BCUT2D eigenvalue weighted by Gasteiger charge is -2.40. The first-order valence-electron chi connectivity index (χ1n) is 10.9. The van der Waals surface area contributed by atoms with E-state index in [1.165, 1.54) is 30.3 Å². The summed E-state index contributed by atoms with van der Waals surface area (Å²) in [5, 5.41) is 12.8. The Hall–Kier alpha value is -2.94. The Bertz CT molecular complexity index is 1220. The van der Waals surface area contributed by atoms with Crippen LogP contribution in [0.1, 0.15) is 56.4 Å². The molecule has 1 aromatic heterocycles. The van der Waals surface area contributed by atoms with E-state index in [-0.39, 0.29) is 27.8 Å². The molecule has 2 aromatic carbocycles. The van der Waals surface area contributed by atoms with E-state index in [0.29, 0.717) is 28.6 Å². The van der Waals surface area contributed by atoms with Gasteiger partial charge in [-0.2, -0.15) is 0 Å². The lowest BCUT2D eigenvalue weighted by Crippen LogP contribution is -2.29. The first-order chi connectivity index (χ1) is 15.8. The molecule has 0 radical (unpaired) electrons. The summed E-state index contributed by atoms with van der Waals surface area (Å²) in [4.78, 5) is 16.2. The van der Waals surface area contributed by atoms with Crippen molar-refractivity contribution in [3.05, 3.63) is 47.0 Å². The van der Waals surface area contributed by atoms with Crippen LogP contribution in [-0.2, 0) is 0 Å². The average molecular weight is 496 g/mol. The van der Waals surface area contributed by atoms with Gasteiger partial charge in [-0.25, -0.2) is 9.78 Å². The molecular formula is C24H25ClF3N3O3. The number of ether oxygens (including phenoxy) is 1. The second-order valence-electron chi connectivity index (χ2n) is 9.70. The molecule has 6 nitrogen and oxygen atoms in total. The van der Waals surface area contributed by atoms with Gasteiger partial charge in [0.15, 0.2) is 0 Å². The van der Waals surface area contributed by atoms with Crippen molar-refractivity contribution in [2.75, 3.05) is 5.32 Å². The largest absolute Gasteiger partial charge is 0.573 e. The normalized spacial score (nSPS) is 20.3. The highest BCUT2D eigenvalue weighted by Crippen LogP contribution is 2.46. The van der Waals surface area contributed by atoms with Gasteiger partial charge in [0, 0.05) is 11.7 Å². The first-order valence-corrected chi connectivity index (χ1v) is 11.3. The van der Waals surface area contributed by atoms with Crippen LogP contribution in [0, 0.1) is 11.3 Å². The van der Waals surface area contributed by atoms with Gasteiger partial charge in [-0.05, 0) is 67.0 Å². The van der Waals surface area contributed by atoms with Gasteiger partial charge >= 0.3 is 12.3 Å². The number of carboxylic acids is 1. The quantitative estimate of drug-likeness (QED) is 0.385. The first kappa shape index (κ1) is 24.2. The molecule has 34 heavy (non-hydrogen) atoms. The summed E-state index contributed by atoms with van der Waals surface area (Å²) in [6.45, 7) is 6.64. The summed E-state index contributed by atoms with van der Waals surface area (Å²) in [7, 11) is 0. The minimum absolute atomic E-state index is 0.0450. The third-order valence-electron chi connectivity index (χ3n) is 6.08. The summed E-state index contributed by atoms with van der Waals surface area (Å²) >= 11 is 6.29. The number of carbonyl (C=O) groups is 1. The van der Waals surface area contributed by atoms with Gasteiger partial charge in [0.05, 0.1) is 21.6 Å². The molecule has 0 spiro atoms. The predicted molar refractivity (Wildman–Crippen MR) is 124 cm³/mol. The van der Waals surface area contributed by atoms with Gasteiger partial charge in [0.2, 0.25) is 5.95 Å². The lowest BCUT2D eigenvalue weighted by atomic mass is 9.70. The maximum absolute atomic E-state index is 12.5. The molecule has 0 unspecified atom stereocenters. The van der Waals surface area contributed by atoms with Crippen LogP contribution < -0.4 is 10.1 Å². The van der Waals surface area contributed by atoms with Crippen LogP contribution in [0.4, 0.5) is 24.8 Å². The van der Waals surface area contributed by atoms with Gasteiger partial charge in [-0.1, -0.05) is 32.4 Å². The van der Waals surface area contributed by atoms with E-state index in [9.17, 15) is 23.1 Å². The van der Waals surface area contributed by atoms with Crippen molar-refractivity contribution in [3.8, 4) is 5.75 Å².